The van der Waals surface area contributed by atoms with Crippen molar-refractivity contribution in [1.82, 2.24) is 0 Å². The summed E-state index contributed by atoms with van der Waals surface area (Å²) in [6.45, 7) is 7.41. The summed E-state index contributed by atoms with van der Waals surface area (Å²) in [5.74, 6) is -0.178. The summed E-state index contributed by atoms with van der Waals surface area (Å²) < 4.78 is 21.9. The van der Waals surface area contributed by atoms with Gasteiger partial charge in [0.05, 0.1) is 26.4 Å². The van der Waals surface area contributed by atoms with E-state index in [-0.39, 0.29) is 66.1 Å². The average molecular weight is 564 g/mol. The molecule has 0 aliphatic rings. The van der Waals surface area contributed by atoms with Crippen LogP contribution >= 0.6 is 0 Å². The Bertz CT molecular complexity index is 1380. The van der Waals surface area contributed by atoms with Gasteiger partial charge in [-0.1, -0.05) is 13.5 Å². The van der Waals surface area contributed by atoms with Gasteiger partial charge in [0.2, 0.25) is 0 Å². The lowest BCUT2D eigenvalue weighted by Crippen LogP contribution is -2.31. The number of phenols is 2. The molecule has 2 N–H and O–H groups in total. The third-order valence-electron chi connectivity index (χ3n) is 6.64. The summed E-state index contributed by atoms with van der Waals surface area (Å²) in [4.78, 5) is 36.7. The van der Waals surface area contributed by atoms with E-state index in [4.69, 9.17) is 18.9 Å². The number of ketones is 1. The van der Waals surface area contributed by atoms with Crippen LogP contribution in [0.5, 0.6) is 23.0 Å². The zero-order valence-corrected chi connectivity index (χ0v) is 23.4. The number of phenolic OH excluding ortho intramolecular Hbond substituents is 2. The highest BCUT2D eigenvalue weighted by Crippen LogP contribution is 2.33. The van der Waals surface area contributed by atoms with E-state index in [2.05, 4.69) is 11.8 Å². The van der Waals surface area contributed by atoms with E-state index in [9.17, 15) is 24.7 Å². The Kier molecular flexibility index (Phi) is 10.1. The second-order valence-electron chi connectivity index (χ2n) is 9.89. The topological polar surface area (TPSA) is 141 Å². The first-order chi connectivity index (χ1) is 19.5. The van der Waals surface area contributed by atoms with Crippen LogP contribution < -0.4 is 9.47 Å². The fourth-order valence-corrected chi connectivity index (χ4v) is 4.00. The number of nitrogens with zero attached hydrogens (tertiary/aromatic N) is 1. The van der Waals surface area contributed by atoms with Gasteiger partial charge in [0.1, 0.15) is 18.1 Å². The molecule has 0 aliphatic heterocycles. The van der Waals surface area contributed by atoms with E-state index in [0.717, 1.165) is 0 Å². The number of Topliss-reactive ketones (excluding diaryl/α,β-unsaturated/α-hetero) is 1. The molecular formula is C31H33NO9. The number of aryl methyl sites for hydroxylation is 1. The van der Waals surface area contributed by atoms with Gasteiger partial charge in [-0.2, -0.15) is 0 Å². The molecule has 0 aromatic heterocycles. The minimum Gasteiger partial charge on any atom is -0.504 e. The van der Waals surface area contributed by atoms with Crippen molar-refractivity contribution in [2.75, 3.05) is 27.4 Å². The van der Waals surface area contributed by atoms with Gasteiger partial charge < -0.3 is 29.2 Å². The molecule has 3 aromatic carbocycles. The molecule has 41 heavy (non-hydrogen) atoms. The number of nitroso groups, excluding NO2 is 1. The summed E-state index contributed by atoms with van der Waals surface area (Å²) in [7, 11) is 2.83. The highest BCUT2D eigenvalue weighted by molar-refractivity contribution is 5.96. The van der Waals surface area contributed by atoms with Crippen molar-refractivity contribution in [2.45, 2.75) is 26.7 Å². The first kappa shape index (κ1) is 30.7. The molecule has 1 unspecified atom stereocenters. The number of hydrogen-bond donors (Lipinski definition) is 2. The molecule has 1 atom stereocenters. The van der Waals surface area contributed by atoms with Crippen LogP contribution in [0.3, 0.4) is 0 Å². The summed E-state index contributed by atoms with van der Waals surface area (Å²) in [5, 5.41) is 22.7. The van der Waals surface area contributed by atoms with E-state index in [1.807, 2.05) is 6.92 Å². The number of methoxy groups -OCH3 is 2. The number of carbonyl (C=O) groups is 2. The van der Waals surface area contributed by atoms with Crippen molar-refractivity contribution in [2.24, 2.45) is 10.6 Å². The monoisotopic (exact) mass is 563 g/mol. The molecule has 0 bridgehead atoms. The molecule has 0 saturated heterocycles. The number of esters is 1. The highest BCUT2D eigenvalue weighted by atomic mass is 16.5. The Morgan fingerprint density at radius 3 is 2.00 bits per heavy atom. The van der Waals surface area contributed by atoms with Gasteiger partial charge in [0.25, 0.3) is 0 Å². The summed E-state index contributed by atoms with van der Waals surface area (Å²) in [6, 6.07) is 13.5. The molecule has 0 amide bonds. The van der Waals surface area contributed by atoms with Gasteiger partial charge >= 0.3 is 5.97 Å². The maximum Gasteiger partial charge on any atom is 0.338 e. The first-order valence-electron chi connectivity index (χ1n) is 12.7. The number of hydrogen-bond acceptors (Lipinski definition) is 10. The molecule has 10 nitrogen and oxygen atoms in total. The summed E-state index contributed by atoms with van der Waals surface area (Å²) in [5.41, 5.74) is 1.14. The fourth-order valence-electron chi connectivity index (χ4n) is 4.00. The van der Waals surface area contributed by atoms with Crippen LogP contribution in [0.2, 0.25) is 0 Å². The predicted molar refractivity (Wildman–Crippen MR) is 153 cm³/mol. The average Bonchev–Trinajstić information content (AvgIpc) is 2.98. The molecule has 216 valence electrons. The second kappa shape index (κ2) is 13.5. The van der Waals surface area contributed by atoms with Gasteiger partial charge in [-0.05, 0) is 78.7 Å². The van der Waals surface area contributed by atoms with Gasteiger partial charge in [-0.15, -0.1) is 4.91 Å². The minimum atomic E-state index is -0.824. The maximum atomic E-state index is 13.0. The van der Waals surface area contributed by atoms with Gasteiger partial charge in [-0.3, -0.25) is 4.79 Å². The summed E-state index contributed by atoms with van der Waals surface area (Å²) >= 11 is 0. The Labute approximate surface area is 238 Å². The minimum absolute atomic E-state index is 0.0302. The van der Waals surface area contributed by atoms with Crippen LogP contribution in [0.4, 0.5) is 5.69 Å². The lowest BCUT2D eigenvalue weighted by atomic mass is 9.85. The molecule has 3 aromatic rings. The number of aromatic hydroxyl groups is 2. The van der Waals surface area contributed by atoms with E-state index < -0.39 is 11.4 Å². The molecule has 0 saturated carbocycles. The second-order valence-corrected chi connectivity index (χ2v) is 9.89. The fraction of sp³-hybridized carbons (Fsp3) is 0.290. The van der Waals surface area contributed by atoms with Crippen molar-refractivity contribution in [1.29, 1.82) is 0 Å². The predicted octanol–water partition coefficient (Wildman–Crippen LogP) is 6.34. The lowest BCUT2D eigenvalue weighted by Gasteiger charge is -2.29. The van der Waals surface area contributed by atoms with Crippen LogP contribution in [0.15, 0.2) is 66.4 Å². The number of ether oxygens (including phenoxy) is 4. The number of rotatable bonds is 14. The van der Waals surface area contributed by atoms with Crippen molar-refractivity contribution in [3.05, 3.63) is 88.3 Å². The Morgan fingerprint density at radius 2 is 1.41 bits per heavy atom. The quantitative estimate of drug-likeness (QED) is 0.0995. The zero-order chi connectivity index (χ0) is 30.2. The van der Waals surface area contributed by atoms with E-state index >= 15 is 0 Å². The molecule has 0 heterocycles. The molecular weight excluding hydrogens is 530 g/mol. The van der Waals surface area contributed by atoms with Crippen LogP contribution in [0.1, 0.15) is 51.6 Å². The van der Waals surface area contributed by atoms with Gasteiger partial charge in [0.15, 0.2) is 28.8 Å². The Balaban J connectivity index is 1.76. The van der Waals surface area contributed by atoms with Crippen LogP contribution in [-0.2, 0) is 9.47 Å². The molecule has 0 aliphatic carbocycles. The molecule has 3 rings (SSSR count). The van der Waals surface area contributed by atoms with E-state index in [1.165, 1.54) is 56.7 Å². The van der Waals surface area contributed by atoms with Crippen molar-refractivity contribution >= 4 is 23.2 Å². The van der Waals surface area contributed by atoms with E-state index in [1.54, 1.807) is 19.1 Å². The van der Waals surface area contributed by atoms with Crippen molar-refractivity contribution in [3.8, 4) is 23.0 Å². The summed E-state index contributed by atoms with van der Waals surface area (Å²) in [6.07, 6.45) is 0.366. The largest absolute Gasteiger partial charge is 0.504 e. The van der Waals surface area contributed by atoms with E-state index in [0.29, 0.717) is 22.4 Å². The van der Waals surface area contributed by atoms with Crippen LogP contribution in [0.25, 0.3) is 5.76 Å². The Hall–Kier alpha value is -4.86. The van der Waals surface area contributed by atoms with Gasteiger partial charge in [0, 0.05) is 23.0 Å². The third kappa shape index (κ3) is 7.84. The molecule has 0 fully saturated rings. The van der Waals surface area contributed by atoms with Crippen molar-refractivity contribution < 1.29 is 38.7 Å². The molecule has 0 radical (unpaired) electrons. The Morgan fingerprint density at radius 1 is 0.854 bits per heavy atom. The highest BCUT2D eigenvalue weighted by Gasteiger charge is 2.30. The zero-order valence-electron chi connectivity index (χ0n) is 23.4. The maximum absolute atomic E-state index is 13.0. The standard InChI is InChI=1S/C31H33NO9/c1-19-14-23(6-9-24(19)32-37)30(36)41-18-31(3,13-12-25(33)22-8-11-27(35)29(16-22)39-5)17-40-20(2)21-7-10-26(34)28(15-21)38-4/h6-11,14-16,34-35H,2,12-13,17-18H2,1,3-5H3. The van der Waals surface area contributed by atoms with Crippen molar-refractivity contribution in [3.63, 3.8) is 0 Å². The first-order valence-corrected chi connectivity index (χ1v) is 12.7. The normalized spacial score (nSPS) is 12.1. The molecule has 10 heteroatoms. The SMILES string of the molecule is C=C(OCC(C)(CCC(=O)c1ccc(O)c(OC)c1)COC(=O)c1ccc(N=O)c(C)c1)c1ccc(O)c(OC)c1. The lowest BCUT2D eigenvalue weighted by molar-refractivity contribution is 0.0131. The smallest absolute Gasteiger partial charge is 0.338 e. The third-order valence-corrected chi connectivity index (χ3v) is 6.64. The van der Waals surface area contributed by atoms with Crippen LogP contribution in [0, 0.1) is 17.2 Å². The number of benzene rings is 3. The molecule has 0 spiro atoms. The number of carbonyl (C=O) groups excluding carboxylic acids is 2. The van der Waals surface area contributed by atoms with Gasteiger partial charge in [-0.25, -0.2) is 4.79 Å². The van der Waals surface area contributed by atoms with Crippen LogP contribution in [-0.4, -0.2) is 49.4 Å².